The molecule has 1 amide bonds. The number of ether oxygens (including phenoxy) is 1. The van der Waals surface area contributed by atoms with Gasteiger partial charge in [0, 0.05) is 36.2 Å². The molecule has 5 unspecified atom stereocenters. The van der Waals surface area contributed by atoms with Gasteiger partial charge in [0.05, 0.1) is 36.2 Å². The van der Waals surface area contributed by atoms with Crippen molar-refractivity contribution >= 4 is 17.7 Å². The number of ketones is 2. The second-order valence-corrected chi connectivity index (χ2v) is 8.12. The van der Waals surface area contributed by atoms with Crippen LogP contribution in [0.2, 0.25) is 0 Å². The first kappa shape index (κ1) is 18.9. The molecule has 0 saturated carbocycles. The van der Waals surface area contributed by atoms with E-state index in [1.54, 1.807) is 6.92 Å². The first-order chi connectivity index (χ1) is 13.2. The first-order valence-corrected chi connectivity index (χ1v) is 9.56. The van der Waals surface area contributed by atoms with Crippen LogP contribution in [0.5, 0.6) is 0 Å². The van der Waals surface area contributed by atoms with E-state index in [1.807, 2.05) is 14.0 Å². The fraction of sp³-hybridized carbons (Fsp3) is 0.632. The summed E-state index contributed by atoms with van der Waals surface area (Å²) in [4.78, 5) is 41.4. The molecule has 2 saturated heterocycles. The summed E-state index contributed by atoms with van der Waals surface area (Å²) in [5.74, 6) is -0.781. The van der Waals surface area contributed by atoms with Crippen LogP contribution >= 0.6 is 0 Å². The third-order valence-corrected chi connectivity index (χ3v) is 6.82. The highest BCUT2D eigenvalue weighted by Gasteiger charge is 2.71. The lowest BCUT2D eigenvalue weighted by Gasteiger charge is -2.39. The molecule has 0 aromatic carbocycles. The van der Waals surface area contributed by atoms with Gasteiger partial charge in [-0.05, 0) is 27.3 Å². The molecule has 9 nitrogen and oxygen atoms in total. The maximum Gasteiger partial charge on any atom is 0.404 e. The van der Waals surface area contributed by atoms with E-state index in [-0.39, 0.29) is 36.5 Å². The molecule has 4 N–H and O–H groups in total. The molecule has 0 aromatic heterocycles. The average Bonchev–Trinajstić information content (AvgIpc) is 3.05. The molecule has 4 aliphatic rings. The Hall–Kier alpha value is -2.39. The number of aliphatic hydroxyl groups is 1. The van der Waals surface area contributed by atoms with E-state index in [1.165, 1.54) is 0 Å². The number of Topliss-reactive ketones (excluding diaryl/α,β-unsaturated/α-hetero) is 2. The summed E-state index contributed by atoms with van der Waals surface area (Å²) < 4.78 is 4.68. The van der Waals surface area contributed by atoms with Gasteiger partial charge in [0.25, 0.3) is 0 Å². The van der Waals surface area contributed by atoms with Gasteiger partial charge in [-0.15, -0.1) is 0 Å². The van der Waals surface area contributed by atoms with E-state index >= 15 is 0 Å². The van der Waals surface area contributed by atoms with Crippen LogP contribution in [0.15, 0.2) is 22.5 Å². The highest BCUT2D eigenvalue weighted by molar-refractivity contribution is 6.25. The zero-order valence-electron chi connectivity index (χ0n) is 16.3. The number of piperazine rings is 1. The zero-order valence-corrected chi connectivity index (χ0v) is 16.3. The van der Waals surface area contributed by atoms with Gasteiger partial charge in [-0.1, -0.05) is 0 Å². The number of allylic oxidation sites excluding steroid dienone is 2. The number of nitrogens with zero attached hydrogens (tertiary/aromatic N) is 2. The first-order valence-electron chi connectivity index (χ1n) is 9.56. The third kappa shape index (κ3) is 2.35. The summed E-state index contributed by atoms with van der Waals surface area (Å²) in [6.07, 6.45) is -0.391. The topological polar surface area (TPSA) is 125 Å². The summed E-state index contributed by atoms with van der Waals surface area (Å²) in [6.45, 7) is 4.71. The lowest BCUT2D eigenvalue weighted by Crippen LogP contribution is -2.51. The SMILES string of the molecule is CC1=C(NCCCOC(N)=O)C(=O)C2=C(C1=O)N1CC3C(N3C)C1(C)C2CO. The molecule has 4 rings (SSSR count). The van der Waals surface area contributed by atoms with E-state index in [9.17, 15) is 19.5 Å². The smallest absolute Gasteiger partial charge is 0.404 e. The highest BCUT2D eigenvalue weighted by atomic mass is 16.5. The van der Waals surface area contributed by atoms with Crippen molar-refractivity contribution in [3.05, 3.63) is 22.5 Å². The summed E-state index contributed by atoms with van der Waals surface area (Å²) in [6, 6.07) is 0.601. The van der Waals surface area contributed by atoms with Gasteiger partial charge in [0.15, 0.2) is 0 Å². The molecule has 0 radical (unpaired) electrons. The minimum absolute atomic E-state index is 0.130. The van der Waals surface area contributed by atoms with E-state index in [0.29, 0.717) is 42.4 Å². The van der Waals surface area contributed by atoms with Crippen LogP contribution in [0.25, 0.3) is 0 Å². The Morgan fingerprint density at radius 1 is 1.39 bits per heavy atom. The standard InChI is InChI=1S/C19H26N4O5/c1-9-13(21-5-4-6-28-18(20)27)16(26)12-10(8-24)19(2)17-11(22(17)3)7-23(19)14(12)15(9)25/h10-11,17,21,24H,4-8H2,1-3H3,(H2,20,27). The van der Waals surface area contributed by atoms with Crippen molar-refractivity contribution in [1.29, 1.82) is 0 Å². The van der Waals surface area contributed by atoms with Crippen molar-refractivity contribution in [2.24, 2.45) is 11.7 Å². The van der Waals surface area contributed by atoms with Crippen molar-refractivity contribution in [3.63, 3.8) is 0 Å². The second-order valence-electron chi connectivity index (χ2n) is 8.12. The zero-order chi connectivity index (χ0) is 20.4. The lowest BCUT2D eigenvalue weighted by molar-refractivity contribution is -0.117. The van der Waals surface area contributed by atoms with E-state index in [0.717, 1.165) is 0 Å². The van der Waals surface area contributed by atoms with Gasteiger partial charge in [-0.25, -0.2) is 4.79 Å². The fourth-order valence-electron chi connectivity index (χ4n) is 5.36. The van der Waals surface area contributed by atoms with Gasteiger partial charge in [-0.2, -0.15) is 0 Å². The van der Waals surface area contributed by atoms with E-state index < -0.39 is 17.6 Å². The van der Waals surface area contributed by atoms with Crippen molar-refractivity contribution in [2.45, 2.75) is 37.9 Å². The summed E-state index contributed by atoms with van der Waals surface area (Å²) in [5, 5.41) is 13.2. The molecule has 3 aliphatic heterocycles. The number of amides is 1. The molecule has 0 aromatic rings. The Balaban J connectivity index is 1.57. The molecule has 1 aliphatic carbocycles. The average molecular weight is 390 g/mol. The maximum absolute atomic E-state index is 13.3. The normalized spacial score (nSPS) is 35.8. The number of fused-ring (bicyclic) bond motifs is 4. The van der Waals surface area contributed by atoms with Gasteiger partial charge >= 0.3 is 6.09 Å². The van der Waals surface area contributed by atoms with Crippen molar-refractivity contribution in [2.75, 3.05) is 33.4 Å². The molecular formula is C19H26N4O5. The number of nitrogens with one attached hydrogen (secondary N) is 1. The predicted molar refractivity (Wildman–Crippen MR) is 98.9 cm³/mol. The van der Waals surface area contributed by atoms with Crippen LogP contribution in [0.4, 0.5) is 4.79 Å². The summed E-state index contributed by atoms with van der Waals surface area (Å²) in [7, 11) is 2.04. The van der Waals surface area contributed by atoms with Crippen LogP contribution in [-0.4, -0.2) is 83.5 Å². The molecule has 5 atom stereocenters. The maximum atomic E-state index is 13.3. The van der Waals surface area contributed by atoms with Gasteiger partial charge in [0.2, 0.25) is 11.6 Å². The van der Waals surface area contributed by atoms with Gasteiger partial charge in [0.1, 0.15) is 0 Å². The van der Waals surface area contributed by atoms with E-state index in [4.69, 9.17) is 5.73 Å². The Morgan fingerprint density at radius 2 is 2.11 bits per heavy atom. The molecule has 2 fully saturated rings. The Morgan fingerprint density at radius 3 is 2.75 bits per heavy atom. The summed E-state index contributed by atoms with van der Waals surface area (Å²) in [5.41, 5.74) is 6.02. The van der Waals surface area contributed by atoms with Crippen LogP contribution in [0.3, 0.4) is 0 Å². The monoisotopic (exact) mass is 390 g/mol. The second kappa shape index (κ2) is 6.31. The number of nitrogens with two attached hydrogens (primary N) is 1. The molecular weight excluding hydrogens is 364 g/mol. The number of aliphatic hydroxyl groups excluding tert-OH is 1. The van der Waals surface area contributed by atoms with Gasteiger partial charge < -0.3 is 25.8 Å². The van der Waals surface area contributed by atoms with Crippen LogP contribution in [-0.2, 0) is 14.3 Å². The minimum Gasteiger partial charge on any atom is -0.450 e. The van der Waals surface area contributed by atoms with Crippen LogP contribution < -0.4 is 11.1 Å². The molecule has 28 heavy (non-hydrogen) atoms. The van der Waals surface area contributed by atoms with E-state index in [2.05, 4.69) is 19.9 Å². The number of carbonyl (C=O) groups is 3. The molecule has 152 valence electrons. The molecule has 0 bridgehead atoms. The van der Waals surface area contributed by atoms with Gasteiger partial charge in [-0.3, -0.25) is 14.5 Å². The van der Waals surface area contributed by atoms with Crippen LogP contribution in [0, 0.1) is 5.92 Å². The fourth-order valence-corrected chi connectivity index (χ4v) is 5.36. The Labute approximate surface area is 163 Å². The number of hydrogen-bond donors (Lipinski definition) is 3. The quantitative estimate of drug-likeness (QED) is 0.303. The number of likely N-dealkylation sites (N-methyl/N-ethyl adjacent to an activating group) is 1. The number of rotatable bonds is 6. The lowest BCUT2D eigenvalue weighted by atomic mass is 9.78. The number of primary amides is 1. The highest BCUT2D eigenvalue weighted by Crippen LogP contribution is 2.58. The Bertz CT molecular complexity index is 834. The summed E-state index contributed by atoms with van der Waals surface area (Å²) >= 11 is 0. The minimum atomic E-state index is -0.844. The van der Waals surface area contributed by atoms with Crippen molar-refractivity contribution < 1.29 is 24.2 Å². The predicted octanol–water partition coefficient (Wildman–Crippen LogP) is -0.880. The molecule has 0 spiro atoms. The van der Waals surface area contributed by atoms with Crippen molar-refractivity contribution in [3.8, 4) is 0 Å². The number of hydrogen-bond acceptors (Lipinski definition) is 8. The molecule has 3 heterocycles. The molecule has 9 heteroatoms. The van der Waals surface area contributed by atoms with Crippen LogP contribution in [0.1, 0.15) is 20.3 Å². The Kier molecular flexibility index (Phi) is 4.27. The van der Waals surface area contributed by atoms with Crippen molar-refractivity contribution in [1.82, 2.24) is 15.1 Å². The third-order valence-electron chi connectivity index (χ3n) is 6.82. The number of carbonyl (C=O) groups excluding carboxylic acids is 3. The largest absolute Gasteiger partial charge is 0.450 e.